The van der Waals surface area contributed by atoms with Crippen LogP contribution in [0.1, 0.15) is 9.67 Å². The van der Waals surface area contributed by atoms with Crippen LogP contribution in [0.25, 0.3) is 10.1 Å². The summed E-state index contributed by atoms with van der Waals surface area (Å²) >= 11 is 7.57. The van der Waals surface area contributed by atoms with Crippen molar-refractivity contribution in [3.63, 3.8) is 0 Å². The van der Waals surface area contributed by atoms with Gasteiger partial charge >= 0.3 is 0 Å². The van der Waals surface area contributed by atoms with Gasteiger partial charge in [0.25, 0.3) is 11.9 Å². The smallest absolute Gasteiger partial charge is 0.270 e. The topological polar surface area (TPSA) is 72.7 Å². The molecule has 0 unspecified atom stereocenters. The Hall–Kier alpha value is -2.25. The number of fused-ring (bicyclic) bond motifs is 1. The van der Waals surface area contributed by atoms with Crippen LogP contribution in [0.2, 0.25) is 5.02 Å². The third-order valence-corrected chi connectivity index (χ3v) is 4.39. The van der Waals surface area contributed by atoms with E-state index < -0.39 is 0 Å². The molecule has 0 aliphatic heterocycles. The fourth-order valence-corrected chi connectivity index (χ4v) is 3.22. The molecule has 6 nitrogen and oxygen atoms in total. The lowest BCUT2D eigenvalue weighted by molar-refractivity contribution is 0.103. The maximum atomic E-state index is 12.2. The summed E-state index contributed by atoms with van der Waals surface area (Å²) in [6, 6.07) is 7.58. The van der Waals surface area contributed by atoms with Crippen LogP contribution in [0.5, 0.6) is 0 Å². The second-order valence-corrected chi connectivity index (χ2v) is 5.58. The van der Waals surface area contributed by atoms with Crippen LogP contribution in [0.3, 0.4) is 0 Å². The molecule has 2 heterocycles. The number of amides is 1. The van der Waals surface area contributed by atoms with Gasteiger partial charge in [-0.05, 0) is 11.3 Å². The Morgan fingerprint density at radius 1 is 1.48 bits per heavy atom. The number of aromatic nitrogens is 4. The van der Waals surface area contributed by atoms with Gasteiger partial charge in [0, 0.05) is 10.1 Å². The van der Waals surface area contributed by atoms with E-state index in [9.17, 15) is 4.79 Å². The van der Waals surface area contributed by atoms with Gasteiger partial charge in [-0.25, -0.2) is 0 Å². The molecule has 106 valence electrons. The monoisotopic (exact) mass is 319 g/mol. The summed E-state index contributed by atoms with van der Waals surface area (Å²) < 4.78 is 0.955. The Balaban J connectivity index is 1.86. The number of anilines is 1. The summed E-state index contributed by atoms with van der Waals surface area (Å²) in [6.45, 7) is 4.00. The Bertz CT molecular complexity index is 825. The minimum atomic E-state index is -0.348. The lowest BCUT2D eigenvalue weighted by Gasteiger charge is -1.97. The van der Waals surface area contributed by atoms with Crippen LogP contribution in [0.4, 0.5) is 5.95 Å². The highest BCUT2D eigenvalue weighted by Crippen LogP contribution is 2.35. The van der Waals surface area contributed by atoms with Crippen molar-refractivity contribution >= 4 is 44.9 Å². The summed E-state index contributed by atoms with van der Waals surface area (Å²) in [5.74, 6) is -0.213. The van der Waals surface area contributed by atoms with E-state index in [2.05, 4.69) is 27.3 Å². The average Bonchev–Trinajstić information content (AvgIpc) is 3.05. The first-order valence-corrected chi connectivity index (χ1v) is 7.25. The van der Waals surface area contributed by atoms with Crippen molar-refractivity contribution in [1.82, 2.24) is 20.2 Å². The van der Waals surface area contributed by atoms with Crippen molar-refractivity contribution in [3.05, 3.63) is 46.8 Å². The van der Waals surface area contributed by atoms with Crippen LogP contribution in [-0.4, -0.2) is 26.1 Å². The van der Waals surface area contributed by atoms with E-state index >= 15 is 0 Å². The molecule has 3 aromatic rings. The third kappa shape index (κ3) is 2.65. The van der Waals surface area contributed by atoms with E-state index in [-0.39, 0.29) is 11.9 Å². The minimum Gasteiger partial charge on any atom is -0.287 e. The van der Waals surface area contributed by atoms with E-state index in [1.54, 1.807) is 6.08 Å². The summed E-state index contributed by atoms with van der Waals surface area (Å²) in [6.07, 6.45) is 1.64. The molecule has 21 heavy (non-hydrogen) atoms. The van der Waals surface area contributed by atoms with Crippen molar-refractivity contribution in [2.75, 3.05) is 5.32 Å². The van der Waals surface area contributed by atoms with E-state index in [1.165, 1.54) is 16.1 Å². The quantitative estimate of drug-likeness (QED) is 0.750. The van der Waals surface area contributed by atoms with E-state index in [0.717, 1.165) is 10.1 Å². The predicted octanol–water partition coefficient (Wildman–Crippen LogP) is 2.98. The van der Waals surface area contributed by atoms with Gasteiger partial charge in [0.15, 0.2) is 0 Å². The highest BCUT2D eigenvalue weighted by atomic mass is 35.5. The first-order valence-electron chi connectivity index (χ1n) is 6.06. The summed E-state index contributed by atoms with van der Waals surface area (Å²) in [4.78, 5) is 14.0. The summed E-state index contributed by atoms with van der Waals surface area (Å²) in [5, 5.41) is 15.4. The van der Waals surface area contributed by atoms with Crippen molar-refractivity contribution in [2.24, 2.45) is 0 Å². The largest absolute Gasteiger partial charge is 0.287 e. The van der Waals surface area contributed by atoms with E-state index in [4.69, 9.17) is 11.6 Å². The van der Waals surface area contributed by atoms with Crippen LogP contribution in [-0.2, 0) is 6.54 Å². The van der Waals surface area contributed by atoms with Gasteiger partial charge in [-0.3, -0.25) is 10.1 Å². The van der Waals surface area contributed by atoms with Crippen molar-refractivity contribution in [2.45, 2.75) is 6.54 Å². The molecular formula is C13H10ClN5OS. The summed E-state index contributed by atoms with van der Waals surface area (Å²) in [7, 11) is 0. The normalized spacial score (nSPS) is 10.7. The van der Waals surface area contributed by atoms with Crippen LogP contribution >= 0.6 is 22.9 Å². The molecular weight excluding hydrogens is 310 g/mol. The molecule has 0 saturated carbocycles. The number of carbonyl (C=O) groups is 1. The standard InChI is InChI=1S/C13H10ClN5OS/c1-2-7-19-17-13(16-18-19)15-12(20)11-10(14)8-5-3-4-6-9(8)21-11/h2-6H,1,7H2,(H,15,17,20). The Morgan fingerprint density at radius 2 is 2.29 bits per heavy atom. The number of benzene rings is 1. The molecule has 0 saturated heterocycles. The maximum absolute atomic E-state index is 12.2. The van der Waals surface area contributed by atoms with E-state index in [1.807, 2.05) is 24.3 Å². The van der Waals surface area contributed by atoms with E-state index in [0.29, 0.717) is 16.4 Å². The first kappa shape index (κ1) is 13.7. The molecule has 0 atom stereocenters. The second kappa shape index (κ2) is 5.63. The van der Waals surface area contributed by atoms with Gasteiger partial charge in [-0.15, -0.1) is 23.0 Å². The number of nitrogens with one attached hydrogen (secondary N) is 1. The van der Waals surface area contributed by atoms with Crippen LogP contribution in [0.15, 0.2) is 36.9 Å². The molecule has 8 heteroatoms. The highest BCUT2D eigenvalue weighted by molar-refractivity contribution is 7.21. The Labute approximate surface area is 129 Å². The Kier molecular flexibility index (Phi) is 3.68. The summed E-state index contributed by atoms with van der Waals surface area (Å²) in [5.41, 5.74) is 0. The lowest BCUT2D eigenvalue weighted by Crippen LogP contribution is -2.12. The fourth-order valence-electron chi connectivity index (χ4n) is 1.80. The zero-order chi connectivity index (χ0) is 14.8. The number of rotatable bonds is 4. The maximum Gasteiger partial charge on any atom is 0.270 e. The SMILES string of the molecule is C=CCn1nnc(NC(=O)c2sc3ccccc3c2Cl)n1. The number of tetrazole rings is 1. The molecule has 2 aromatic heterocycles. The molecule has 3 rings (SSSR count). The third-order valence-electron chi connectivity index (χ3n) is 2.71. The number of allylic oxidation sites excluding steroid dienone is 1. The molecule has 0 spiro atoms. The number of hydrogen-bond acceptors (Lipinski definition) is 5. The molecule has 1 N–H and O–H groups in total. The van der Waals surface area contributed by atoms with Gasteiger partial charge in [-0.2, -0.15) is 4.80 Å². The average molecular weight is 320 g/mol. The van der Waals surface area contributed by atoms with Crippen molar-refractivity contribution < 1.29 is 4.79 Å². The molecule has 0 aliphatic carbocycles. The van der Waals surface area contributed by atoms with Crippen LogP contribution in [0, 0.1) is 0 Å². The first-order chi connectivity index (χ1) is 10.2. The van der Waals surface area contributed by atoms with Gasteiger partial charge in [0.1, 0.15) is 4.88 Å². The number of nitrogens with zero attached hydrogens (tertiary/aromatic N) is 4. The lowest BCUT2D eigenvalue weighted by atomic mass is 10.2. The highest BCUT2D eigenvalue weighted by Gasteiger charge is 2.18. The van der Waals surface area contributed by atoms with Gasteiger partial charge in [0.05, 0.1) is 11.6 Å². The van der Waals surface area contributed by atoms with Crippen molar-refractivity contribution in [1.29, 1.82) is 0 Å². The molecule has 0 aliphatic rings. The molecule has 1 amide bonds. The van der Waals surface area contributed by atoms with Crippen LogP contribution < -0.4 is 5.32 Å². The fraction of sp³-hybridized carbons (Fsp3) is 0.0769. The second-order valence-electron chi connectivity index (χ2n) is 4.15. The number of hydrogen-bond donors (Lipinski definition) is 1. The zero-order valence-electron chi connectivity index (χ0n) is 10.8. The van der Waals surface area contributed by atoms with Gasteiger partial charge in [-0.1, -0.05) is 41.0 Å². The molecule has 0 bridgehead atoms. The number of carbonyl (C=O) groups excluding carboxylic acids is 1. The zero-order valence-corrected chi connectivity index (χ0v) is 12.4. The molecule has 0 radical (unpaired) electrons. The van der Waals surface area contributed by atoms with Gasteiger partial charge < -0.3 is 0 Å². The molecule has 1 aromatic carbocycles. The number of halogens is 1. The minimum absolute atomic E-state index is 0.135. The predicted molar refractivity (Wildman–Crippen MR) is 82.8 cm³/mol. The molecule has 0 fully saturated rings. The van der Waals surface area contributed by atoms with Crippen molar-refractivity contribution in [3.8, 4) is 0 Å². The number of thiophene rings is 1. The van der Waals surface area contributed by atoms with Gasteiger partial charge in [0.2, 0.25) is 0 Å². The Morgan fingerprint density at radius 3 is 3.05 bits per heavy atom.